The predicted molar refractivity (Wildman–Crippen MR) is 86.0 cm³/mol. The molecule has 0 fully saturated rings. The number of para-hydroxylation sites is 1. The molecule has 0 aliphatic carbocycles. The quantitative estimate of drug-likeness (QED) is 0.343. The fourth-order valence-electron chi connectivity index (χ4n) is 3.02. The standard InChI is InChI=1S/C18H9ClO2/c19-10-5-6-13-16(9-10)20-15-8-7-12-11-3-1-2-4-14(11)21-18(12)17(13)15/h1-9H. The molecule has 0 saturated heterocycles. The number of furan rings is 2. The van der Waals surface area contributed by atoms with Crippen LogP contribution in [0.15, 0.2) is 63.4 Å². The highest BCUT2D eigenvalue weighted by Gasteiger charge is 2.15. The maximum Gasteiger partial charge on any atom is 0.147 e. The third kappa shape index (κ3) is 1.43. The van der Waals surface area contributed by atoms with Gasteiger partial charge in [0, 0.05) is 27.2 Å². The fourth-order valence-corrected chi connectivity index (χ4v) is 3.18. The Balaban J connectivity index is 2.09. The lowest BCUT2D eigenvalue weighted by Gasteiger charge is -1.92. The second-order valence-electron chi connectivity index (χ2n) is 5.16. The first kappa shape index (κ1) is 11.2. The Bertz CT molecular complexity index is 1150. The molecule has 2 aromatic heterocycles. The van der Waals surface area contributed by atoms with E-state index in [1.807, 2.05) is 48.5 Å². The number of halogens is 1. The van der Waals surface area contributed by atoms with Crippen LogP contribution in [0.4, 0.5) is 0 Å². The molecular formula is C18H9ClO2. The molecule has 0 saturated carbocycles. The van der Waals surface area contributed by atoms with Crippen LogP contribution in [0.3, 0.4) is 0 Å². The molecule has 0 atom stereocenters. The lowest BCUT2D eigenvalue weighted by Crippen LogP contribution is -1.69. The molecule has 0 aliphatic heterocycles. The van der Waals surface area contributed by atoms with Crippen molar-refractivity contribution in [2.24, 2.45) is 0 Å². The molecule has 2 nitrogen and oxygen atoms in total. The number of rotatable bonds is 0. The van der Waals surface area contributed by atoms with Crippen LogP contribution in [0.5, 0.6) is 0 Å². The molecular weight excluding hydrogens is 284 g/mol. The van der Waals surface area contributed by atoms with Gasteiger partial charge < -0.3 is 8.83 Å². The molecule has 5 rings (SSSR count). The molecule has 0 aliphatic rings. The summed E-state index contributed by atoms with van der Waals surface area (Å²) in [5.74, 6) is 0. The minimum Gasteiger partial charge on any atom is -0.456 e. The van der Waals surface area contributed by atoms with E-state index >= 15 is 0 Å². The van der Waals surface area contributed by atoms with Crippen molar-refractivity contribution in [2.45, 2.75) is 0 Å². The van der Waals surface area contributed by atoms with Crippen LogP contribution in [-0.4, -0.2) is 0 Å². The summed E-state index contributed by atoms with van der Waals surface area (Å²) in [6.07, 6.45) is 0. The van der Waals surface area contributed by atoms with Gasteiger partial charge in [-0.3, -0.25) is 0 Å². The van der Waals surface area contributed by atoms with Gasteiger partial charge in [0.15, 0.2) is 0 Å². The molecule has 0 N–H and O–H groups in total. The Kier molecular flexibility index (Phi) is 2.04. The molecule has 0 amide bonds. The number of hydrogen-bond acceptors (Lipinski definition) is 2. The maximum absolute atomic E-state index is 6.07. The summed E-state index contributed by atoms with van der Waals surface area (Å²) >= 11 is 6.05. The molecule has 0 bridgehead atoms. The van der Waals surface area contributed by atoms with Crippen molar-refractivity contribution in [3.63, 3.8) is 0 Å². The molecule has 2 heterocycles. The average molecular weight is 293 g/mol. The lowest BCUT2D eigenvalue weighted by atomic mass is 10.1. The predicted octanol–water partition coefficient (Wildman–Crippen LogP) is 6.14. The molecule has 21 heavy (non-hydrogen) atoms. The zero-order valence-electron chi connectivity index (χ0n) is 10.9. The van der Waals surface area contributed by atoms with E-state index in [-0.39, 0.29) is 0 Å². The Hall–Kier alpha value is -2.45. The summed E-state index contributed by atoms with van der Waals surface area (Å²) in [7, 11) is 0. The zero-order valence-corrected chi connectivity index (χ0v) is 11.6. The summed E-state index contributed by atoms with van der Waals surface area (Å²) in [4.78, 5) is 0. The fraction of sp³-hybridized carbons (Fsp3) is 0. The van der Waals surface area contributed by atoms with Gasteiger partial charge in [-0.15, -0.1) is 0 Å². The van der Waals surface area contributed by atoms with E-state index in [4.69, 9.17) is 20.4 Å². The second kappa shape index (κ2) is 3.80. The highest BCUT2D eigenvalue weighted by atomic mass is 35.5. The smallest absolute Gasteiger partial charge is 0.147 e. The lowest BCUT2D eigenvalue weighted by molar-refractivity contribution is 0.663. The van der Waals surface area contributed by atoms with Crippen molar-refractivity contribution in [2.75, 3.05) is 0 Å². The normalized spacial score (nSPS) is 12.0. The summed E-state index contributed by atoms with van der Waals surface area (Å²) in [5, 5.41) is 4.94. The molecule has 5 aromatic rings. The van der Waals surface area contributed by atoms with Crippen molar-refractivity contribution in [1.29, 1.82) is 0 Å². The third-order valence-electron chi connectivity index (χ3n) is 3.94. The maximum atomic E-state index is 6.07. The topological polar surface area (TPSA) is 26.3 Å². The van der Waals surface area contributed by atoms with Crippen LogP contribution in [-0.2, 0) is 0 Å². The molecule has 3 aromatic carbocycles. The highest BCUT2D eigenvalue weighted by Crippen LogP contribution is 2.39. The van der Waals surface area contributed by atoms with E-state index in [1.54, 1.807) is 0 Å². The Labute approximate surface area is 124 Å². The first-order valence-corrected chi connectivity index (χ1v) is 7.11. The van der Waals surface area contributed by atoms with E-state index < -0.39 is 0 Å². The van der Waals surface area contributed by atoms with Gasteiger partial charge >= 0.3 is 0 Å². The molecule has 3 heteroatoms. The van der Waals surface area contributed by atoms with Crippen LogP contribution in [0.1, 0.15) is 0 Å². The minimum absolute atomic E-state index is 0.669. The van der Waals surface area contributed by atoms with Gasteiger partial charge in [-0.25, -0.2) is 0 Å². The zero-order chi connectivity index (χ0) is 14.0. The third-order valence-corrected chi connectivity index (χ3v) is 4.18. The SMILES string of the molecule is Clc1ccc2c(c1)oc1ccc3c4ccccc4oc3c12. The molecule has 0 unspecified atom stereocenters. The second-order valence-corrected chi connectivity index (χ2v) is 5.59. The highest BCUT2D eigenvalue weighted by molar-refractivity contribution is 6.32. The van der Waals surface area contributed by atoms with Gasteiger partial charge in [-0.1, -0.05) is 29.8 Å². The summed E-state index contributed by atoms with van der Waals surface area (Å²) in [6.45, 7) is 0. The average Bonchev–Trinajstić information content (AvgIpc) is 3.03. The van der Waals surface area contributed by atoms with Crippen molar-refractivity contribution in [1.82, 2.24) is 0 Å². The number of fused-ring (bicyclic) bond motifs is 7. The Morgan fingerprint density at radius 3 is 2.48 bits per heavy atom. The Morgan fingerprint density at radius 2 is 1.52 bits per heavy atom. The van der Waals surface area contributed by atoms with Crippen LogP contribution < -0.4 is 0 Å². The summed E-state index contributed by atoms with van der Waals surface area (Å²) < 4.78 is 12.0. The first-order valence-electron chi connectivity index (χ1n) is 6.73. The van der Waals surface area contributed by atoms with Gasteiger partial charge in [-0.05, 0) is 30.3 Å². The van der Waals surface area contributed by atoms with E-state index in [1.165, 1.54) is 0 Å². The van der Waals surface area contributed by atoms with E-state index in [0.29, 0.717) is 5.02 Å². The van der Waals surface area contributed by atoms with Crippen LogP contribution in [0, 0.1) is 0 Å². The van der Waals surface area contributed by atoms with Gasteiger partial charge in [0.1, 0.15) is 22.3 Å². The molecule has 0 radical (unpaired) electrons. The molecule has 0 spiro atoms. The van der Waals surface area contributed by atoms with Gasteiger partial charge in [0.05, 0.1) is 5.39 Å². The molecule has 100 valence electrons. The largest absolute Gasteiger partial charge is 0.456 e. The van der Waals surface area contributed by atoms with Crippen LogP contribution in [0.25, 0.3) is 43.9 Å². The van der Waals surface area contributed by atoms with Crippen molar-refractivity contribution < 1.29 is 8.83 Å². The van der Waals surface area contributed by atoms with Gasteiger partial charge in [-0.2, -0.15) is 0 Å². The summed E-state index contributed by atoms with van der Waals surface area (Å²) in [5.41, 5.74) is 3.36. The van der Waals surface area contributed by atoms with E-state index in [0.717, 1.165) is 43.9 Å². The van der Waals surface area contributed by atoms with Crippen molar-refractivity contribution in [3.05, 3.63) is 59.6 Å². The monoisotopic (exact) mass is 292 g/mol. The van der Waals surface area contributed by atoms with E-state index in [9.17, 15) is 0 Å². The minimum atomic E-state index is 0.669. The van der Waals surface area contributed by atoms with Crippen molar-refractivity contribution in [3.8, 4) is 0 Å². The van der Waals surface area contributed by atoms with Gasteiger partial charge in [0.25, 0.3) is 0 Å². The summed E-state index contributed by atoms with van der Waals surface area (Å²) in [6, 6.07) is 17.8. The van der Waals surface area contributed by atoms with E-state index in [2.05, 4.69) is 6.07 Å². The van der Waals surface area contributed by atoms with Crippen LogP contribution in [0.2, 0.25) is 5.02 Å². The van der Waals surface area contributed by atoms with Crippen LogP contribution >= 0.6 is 11.6 Å². The first-order chi connectivity index (χ1) is 10.3. The van der Waals surface area contributed by atoms with Gasteiger partial charge in [0.2, 0.25) is 0 Å². The van der Waals surface area contributed by atoms with Crippen molar-refractivity contribution >= 4 is 55.5 Å². The number of benzene rings is 3. The number of hydrogen-bond donors (Lipinski definition) is 0. The Morgan fingerprint density at radius 1 is 0.667 bits per heavy atom.